The van der Waals surface area contributed by atoms with E-state index in [1.54, 1.807) is 14.0 Å². The normalized spacial score (nSPS) is 30.7. The molecule has 1 aliphatic rings. The van der Waals surface area contributed by atoms with Crippen molar-refractivity contribution in [2.45, 2.75) is 38.7 Å². The highest BCUT2D eigenvalue weighted by molar-refractivity contribution is 5.75. The van der Waals surface area contributed by atoms with E-state index in [0.29, 0.717) is 24.2 Å². The maximum absolute atomic E-state index is 10.8. The highest BCUT2D eigenvalue weighted by atomic mass is 16.5. The minimum atomic E-state index is 0.291. The molecule has 0 saturated heterocycles. The number of ether oxygens (including phenoxy) is 1. The molecule has 1 saturated carbocycles. The van der Waals surface area contributed by atoms with Crippen molar-refractivity contribution in [2.75, 3.05) is 7.11 Å². The molecule has 11 heavy (non-hydrogen) atoms. The molecule has 0 amide bonds. The Kier molecular flexibility index (Phi) is 3.06. The molecule has 2 atom stereocenters. The quantitative estimate of drug-likeness (QED) is 0.622. The van der Waals surface area contributed by atoms with Crippen LogP contribution in [0.15, 0.2) is 0 Å². The van der Waals surface area contributed by atoms with E-state index >= 15 is 0 Å². The average molecular weight is 156 g/mol. The van der Waals surface area contributed by atoms with E-state index in [9.17, 15) is 4.79 Å². The lowest BCUT2D eigenvalue weighted by molar-refractivity contribution is -0.118. The van der Waals surface area contributed by atoms with Crippen LogP contribution in [0.1, 0.15) is 32.6 Å². The van der Waals surface area contributed by atoms with Gasteiger partial charge in [0, 0.05) is 13.5 Å². The van der Waals surface area contributed by atoms with Crippen molar-refractivity contribution in [2.24, 2.45) is 5.92 Å². The van der Waals surface area contributed by atoms with Gasteiger partial charge in [-0.25, -0.2) is 0 Å². The van der Waals surface area contributed by atoms with Crippen LogP contribution in [0.5, 0.6) is 0 Å². The van der Waals surface area contributed by atoms with E-state index in [4.69, 9.17) is 4.74 Å². The number of methoxy groups -OCH3 is 1. The van der Waals surface area contributed by atoms with E-state index in [2.05, 4.69) is 0 Å². The van der Waals surface area contributed by atoms with Gasteiger partial charge in [-0.1, -0.05) is 6.42 Å². The number of carbonyl (C=O) groups excluding carboxylic acids is 1. The Morgan fingerprint density at radius 2 is 2.27 bits per heavy atom. The number of carbonyl (C=O) groups is 1. The fourth-order valence-electron chi connectivity index (χ4n) is 1.92. The van der Waals surface area contributed by atoms with Crippen LogP contribution in [0, 0.1) is 5.92 Å². The third-order valence-electron chi connectivity index (χ3n) is 2.44. The van der Waals surface area contributed by atoms with Gasteiger partial charge in [-0.3, -0.25) is 0 Å². The van der Waals surface area contributed by atoms with Crippen LogP contribution in [0.2, 0.25) is 0 Å². The summed E-state index contributed by atoms with van der Waals surface area (Å²) in [6, 6.07) is 0. The van der Waals surface area contributed by atoms with E-state index in [0.717, 1.165) is 12.8 Å². The summed E-state index contributed by atoms with van der Waals surface area (Å²) in [6.07, 6.45) is 4.57. The first kappa shape index (κ1) is 8.72. The summed E-state index contributed by atoms with van der Waals surface area (Å²) in [5, 5.41) is 0. The van der Waals surface area contributed by atoms with Crippen LogP contribution < -0.4 is 0 Å². The van der Waals surface area contributed by atoms with Crippen molar-refractivity contribution in [3.8, 4) is 0 Å². The Bertz CT molecular complexity index is 142. The summed E-state index contributed by atoms with van der Waals surface area (Å²) in [5.41, 5.74) is 0. The zero-order valence-corrected chi connectivity index (χ0v) is 7.30. The van der Waals surface area contributed by atoms with Gasteiger partial charge in [0.1, 0.15) is 5.78 Å². The molecule has 0 bridgehead atoms. The first-order valence-electron chi connectivity index (χ1n) is 4.26. The number of hydrogen-bond donors (Lipinski definition) is 0. The Balaban J connectivity index is 2.37. The molecule has 1 aliphatic carbocycles. The van der Waals surface area contributed by atoms with Gasteiger partial charge in [0.25, 0.3) is 0 Å². The maximum atomic E-state index is 10.8. The average Bonchev–Trinajstić information content (AvgIpc) is 2.34. The SMILES string of the molecule is COC1CCCC1CC(C)=O. The highest BCUT2D eigenvalue weighted by Crippen LogP contribution is 2.30. The summed E-state index contributed by atoms with van der Waals surface area (Å²) >= 11 is 0. The second kappa shape index (κ2) is 3.86. The van der Waals surface area contributed by atoms with Gasteiger partial charge in [-0.2, -0.15) is 0 Å². The predicted molar refractivity (Wildman–Crippen MR) is 43.4 cm³/mol. The Hall–Kier alpha value is -0.370. The van der Waals surface area contributed by atoms with E-state index < -0.39 is 0 Å². The van der Waals surface area contributed by atoms with Crippen LogP contribution in [0.4, 0.5) is 0 Å². The van der Waals surface area contributed by atoms with Crippen LogP contribution in [-0.2, 0) is 9.53 Å². The second-order valence-electron chi connectivity index (χ2n) is 3.37. The molecule has 2 heteroatoms. The summed E-state index contributed by atoms with van der Waals surface area (Å²) in [7, 11) is 1.74. The molecule has 1 fully saturated rings. The van der Waals surface area contributed by atoms with Gasteiger partial charge in [-0.15, -0.1) is 0 Å². The van der Waals surface area contributed by atoms with E-state index in [1.807, 2.05) is 0 Å². The second-order valence-corrected chi connectivity index (χ2v) is 3.37. The molecule has 0 spiro atoms. The molecule has 0 aromatic heterocycles. The third-order valence-corrected chi connectivity index (χ3v) is 2.44. The van der Waals surface area contributed by atoms with E-state index in [1.165, 1.54) is 6.42 Å². The molecule has 1 rings (SSSR count). The number of hydrogen-bond acceptors (Lipinski definition) is 2. The van der Waals surface area contributed by atoms with Crippen molar-refractivity contribution in [1.82, 2.24) is 0 Å². The van der Waals surface area contributed by atoms with Crippen molar-refractivity contribution < 1.29 is 9.53 Å². The largest absolute Gasteiger partial charge is 0.381 e. The summed E-state index contributed by atoms with van der Waals surface area (Å²) in [4.78, 5) is 10.8. The molecule has 0 aromatic carbocycles. The minimum Gasteiger partial charge on any atom is -0.381 e. The van der Waals surface area contributed by atoms with Crippen molar-refractivity contribution >= 4 is 5.78 Å². The molecule has 64 valence electrons. The molecular weight excluding hydrogens is 140 g/mol. The molecule has 0 aliphatic heterocycles. The first-order valence-corrected chi connectivity index (χ1v) is 4.26. The van der Waals surface area contributed by atoms with Crippen LogP contribution in [0.3, 0.4) is 0 Å². The summed E-state index contributed by atoms with van der Waals surface area (Å²) < 4.78 is 5.27. The molecule has 2 nitrogen and oxygen atoms in total. The Morgan fingerprint density at radius 3 is 2.82 bits per heavy atom. The standard InChI is InChI=1S/C9H16O2/c1-7(10)6-8-4-3-5-9(8)11-2/h8-9H,3-6H2,1-2H3. The van der Waals surface area contributed by atoms with Crippen molar-refractivity contribution in [1.29, 1.82) is 0 Å². The van der Waals surface area contributed by atoms with Crippen LogP contribution in [-0.4, -0.2) is 19.0 Å². The van der Waals surface area contributed by atoms with Gasteiger partial charge in [0.05, 0.1) is 6.10 Å². The predicted octanol–water partition coefficient (Wildman–Crippen LogP) is 1.78. The van der Waals surface area contributed by atoms with E-state index in [-0.39, 0.29) is 0 Å². The number of Topliss-reactive ketones (excluding diaryl/α,β-unsaturated/α-hetero) is 1. The van der Waals surface area contributed by atoms with Gasteiger partial charge in [0.15, 0.2) is 0 Å². The van der Waals surface area contributed by atoms with Gasteiger partial charge < -0.3 is 9.53 Å². The van der Waals surface area contributed by atoms with Crippen LogP contribution >= 0.6 is 0 Å². The fraction of sp³-hybridized carbons (Fsp3) is 0.889. The molecule has 0 radical (unpaired) electrons. The highest BCUT2D eigenvalue weighted by Gasteiger charge is 2.27. The zero-order chi connectivity index (χ0) is 8.27. The lowest BCUT2D eigenvalue weighted by Gasteiger charge is -2.15. The monoisotopic (exact) mass is 156 g/mol. The number of ketones is 1. The molecule has 0 N–H and O–H groups in total. The van der Waals surface area contributed by atoms with Gasteiger partial charge in [0.2, 0.25) is 0 Å². The Labute approximate surface area is 67.9 Å². The zero-order valence-electron chi connectivity index (χ0n) is 7.30. The van der Waals surface area contributed by atoms with Crippen molar-refractivity contribution in [3.63, 3.8) is 0 Å². The Morgan fingerprint density at radius 1 is 1.55 bits per heavy atom. The van der Waals surface area contributed by atoms with Crippen molar-refractivity contribution in [3.05, 3.63) is 0 Å². The lowest BCUT2D eigenvalue weighted by atomic mass is 9.99. The first-order chi connectivity index (χ1) is 5.24. The van der Waals surface area contributed by atoms with Gasteiger partial charge >= 0.3 is 0 Å². The molecule has 0 aromatic rings. The summed E-state index contributed by atoms with van der Waals surface area (Å²) in [5.74, 6) is 0.788. The number of rotatable bonds is 3. The topological polar surface area (TPSA) is 26.3 Å². The van der Waals surface area contributed by atoms with Gasteiger partial charge in [-0.05, 0) is 25.7 Å². The maximum Gasteiger partial charge on any atom is 0.130 e. The molecule has 0 heterocycles. The minimum absolute atomic E-state index is 0.291. The molecule has 2 unspecified atom stereocenters. The smallest absolute Gasteiger partial charge is 0.130 e. The van der Waals surface area contributed by atoms with Crippen LogP contribution in [0.25, 0.3) is 0 Å². The lowest BCUT2D eigenvalue weighted by Crippen LogP contribution is -2.18. The fourth-order valence-corrected chi connectivity index (χ4v) is 1.92. The summed E-state index contributed by atoms with van der Waals surface area (Å²) in [6.45, 7) is 1.66. The third kappa shape index (κ3) is 2.29. The molecular formula is C9H16O2.